The molecule has 1 aliphatic rings. The van der Waals surface area contributed by atoms with E-state index in [1.54, 1.807) is 30.3 Å². The second kappa shape index (κ2) is 10.9. The number of nitrogens with one attached hydrogen (secondary N) is 1. The molecule has 9 heteroatoms. The van der Waals surface area contributed by atoms with Gasteiger partial charge < -0.3 is 15.2 Å². The number of ether oxygens (including phenoxy) is 1. The highest BCUT2D eigenvalue weighted by molar-refractivity contribution is 8.26. The van der Waals surface area contributed by atoms with Crippen molar-refractivity contribution in [2.45, 2.75) is 19.8 Å². The molecule has 3 rings (SSSR count). The van der Waals surface area contributed by atoms with Crippen molar-refractivity contribution in [3.05, 3.63) is 64.6 Å². The van der Waals surface area contributed by atoms with Gasteiger partial charge in [0.15, 0.2) is 6.61 Å². The van der Waals surface area contributed by atoms with Crippen molar-refractivity contribution in [3.63, 3.8) is 0 Å². The van der Waals surface area contributed by atoms with Crippen LogP contribution in [0.3, 0.4) is 0 Å². The molecule has 2 aromatic rings. The zero-order chi connectivity index (χ0) is 23.1. The summed E-state index contributed by atoms with van der Waals surface area (Å²) in [4.78, 5) is 37.5. The number of para-hydroxylation sites is 1. The van der Waals surface area contributed by atoms with E-state index in [0.29, 0.717) is 32.6 Å². The zero-order valence-corrected chi connectivity index (χ0v) is 19.0. The largest absolute Gasteiger partial charge is 0.483 e. The molecule has 7 nitrogen and oxygen atoms in total. The van der Waals surface area contributed by atoms with E-state index in [-0.39, 0.29) is 31.4 Å². The van der Waals surface area contributed by atoms with Gasteiger partial charge in [-0.15, -0.1) is 0 Å². The number of hydrogen-bond donors (Lipinski definition) is 2. The first-order valence-electron chi connectivity index (χ1n) is 9.89. The van der Waals surface area contributed by atoms with Crippen LogP contribution in [0.5, 0.6) is 5.75 Å². The van der Waals surface area contributed by atoms with E-state index in [9.17, 15) is 14.4 Å². The number of thiocarbonyl (C=S) groups is 1. The number of hydrogen-bond acceptors (Lipinski definition) is 6. The van der Waals surface area contributed by atoms with Crippen LogP contribution < -0.4 is 10.1 Å². The van der Waals surface area contributed by atoms with Crippen molar-refractivity contribution < 1.29 is 24.2 Å². The maximum atomic E-state index is 12.7. The molecule has 2 aromatic carbocycles. The van der Waals surface area contributed by atoms with E-state index in [2.05, 4.69) is 5.32 Å². The normalized spacial score (nSPS) is 14.7. The second-order valence-corrected chi connectivity index (χ2v) is 8.75. The third kappa shape index (κ3) is 6.41. The topological polar surface area (TPSA) is 95.9 Å². The number of thioether (sulfide) groups is 1. The summed E-state index contributed by atoms with van der Waals surface area (Å²) in [6.45, 7) is 2.04. The van der Waals surface area contributed by atoms with Crippen molar-refractivity contribution in [1.29, 1.82) is 0 Å². The number of carbonyl (C=O) groups is 3. The zero-order valence-electron chi connectivity index (χ0n) is 17.4. The number of nitrogens with zero attached hydrogens (tertiary/aromatic N) is 1. The standard InChI is InChI=1S/C23H22N2O5S2/c1-15-8-10-17(11-9-15)24-20(26)14-30-18-6-3-2-5-16(18)13-19-22(29)25(23(31)32-19)12-4-7-21(27)28/h2-3,5-6,8-11,13H,4,7,12,14H2,1H3,(H,24,26)(H,27,28)/b19-13-. The molecule has 2 amide bonds. The van der Waals surface area contributed by atoms with Crippen molar-refractivity contribution in [1.82, 2.24) is 4.90 Å². The Hall–Kier alpha value is -3.17. The number of carboxylic acids is 1. The SMILES string of the molecule is Cc1ccc(NC(=O)COc2ccccc2/C=C2\SC(=S)N(CCCC(=O)O)C2=O)cc1. The lowest BCUT2D eigenvalue weighted by molar-refractivity contribution is -0.137. The Labute approximate surface area is 195 Å². The number of carboxylic acid groups (broad SMARTS) is 1. The summed E-state index contributed by atoms with van der Waals surface area (Å²) < 4.78 is 6.09. The number of carbonyl (C=O) groups excluding carboxylic acids is 2. The van der Waals surface area contributed by atoms with Crippen LogP contribution in [0, 0.1) is 6.92 Å². The molecule has 0 radical (unpaired) electrons. The Bertz CT molecular complexity index is 1070. The Morgan fingerprint density at radius 3 is 2.62 bits per heavy atom. The van der Waals surface area contributed by atoms with Crippen molar-refractivity contribution in [3.8, 4) is 5.75 Å². The Balaban J connectivity index is 1.64. The molecule has 0 aromatic heterocycles. The first-order chi connectivity index (χ1) is 15.3. The minimum absolute atomic E-state index is 0.0303. The minimum Gasteiger partial charge on any atom is -0.483 e. The molecule has 1 saturated heterocycles. The number of amides is 2. The fourth-order valence-corrected chi connectivity index (χ4v) is 4.23. The predicted molar refractivity (Wildman–Crippen MR) is 128 cm³/mol. The number of anilines is 1. The van der Waals surface area contributed by atoms with E-state index in [0.717, 1.165) is 17.3 Å². The molecular formula is C23H22N2O5S2. The minimum atomic E-state index is -0.913. The fraction of sp³-hybridized carbons (Fsp3) is 0.217. The predicted octanol–water partition coefficient (Wildman–Crippen LogP) is 4.08. The third-order valence-corrected chi connectivity index (χ3v) is 5.92. The molecule has 166 valence electrons. The van der Waals surface area contributed by atoms with Gasteiger partial charge in [-0.2, -0.15) is 0 Å². The maximum absolute atomic E-state index is 12.7. The molecule has 1 heterocycles. The summed E-state index contributed by atoms with van der Waals surface area (Å²) in [5.41, 5.74) is 2.42. The van der Waals surface area contributed by atoms with E-state index < -0.39 is 5.97 Å². The van der Waals surface area contributed by atoms with Crippen LogP contribution in [0.2, 0.25) is 0 Å². The molecule has 2 N–H and O–H groups in total. The van der Waals surface area contributed by atoms with Crippen molar-refractivity contribution in [2.24, 2.45) is 0 Å². The first-order valence-corrected chi connectivity index (χ1v) is 11.1. The van der Waals surface area contributed by atoms with Gasteiger partial charge in [0.2, 0.25) is 0 Å². The van der Waals surface area contributed by atoms with E-state index >= 15 is 0 Å². The highest BCUT2D eigenvalue weighted by Gasteiger charge is 2.31. The quantitative estimate of drug-likeness (QED) is 0.421. The van der Waals surface area contributed by atoms with Gasteiger partial charge in [-0.3, -0.25) is 19.3 Å². The van der Waals surface area contributed by atoms with Gasteiger partial charge in [0.1, 0.15) is 10.1 Å². The van der Waals surface area contributed by atoms with E-state index in [1.165, 1.54) is 4.90 Å². The Morgan fingerprint density at radius 1 is 1.19 bits per heavy atom. The molecule has 0 spiro atoms. The summed E-state index contributed by atoms with van der Waals surface area (Å²) in [5.74, 6) is -1.02. The molecular weight excluding hydrogens is 448 g/mol. The highest BCUT2D eigenvalue weighted by atomic mass is 32.2. The summed E-state index contributed by atoms with van der Waals surface area (Å²) in [5, 5.41) is 11.6. The first kappa shape index (κ1) is 23.5. The van der Waals surface area contributed by atoms with Crippen LogP contribution in [0.1, 0.15) is 24.0 Å². The van der Waals surface area contributed by atoms with Crippen LogP contribution in [-0.4, -0.2) is 45.3 Å². The van der Waals surface area contributed by atoms with E-state index in [4.69, 9.17) is 22.1 Å². The molecule has 0 saturated carbocycles. The second-order valence-electron chi connectivity index (χ2n) is 7.07. The van der Waals surface area contributed by atoms with Crippen LogP contribution >= 0.6 is 24.0 Å². The number of aliphatic carboxylic acids is 1. The van der Waals surface area contributed by atoms with E-state index in [1.807, 2.05) is 31.2 Å². The molecule has 1 fully saturated rings. The molecule has 1 aliphatic heterocycles. The monoisotopic (exact) mass is 470 g/mol. The van der Waals surface area contributed by atoms with Crippen LogP contribution in [0.25, 0.3) is 6.08 Å². The number of rotatable bonds is 9. The third-order valence-electron chi connectivity index (χ3n) is 4.55. The molecule has 32 heavy (non-hydrogen) atoms. The molecule has 0 atom stereocenters. The molecule has 0 aliphatic carbocycles. The summed E-state index contributed by atoms with van der Waals surface area (Å²) in [6.07, 6.45) is 1.96. The van der Waals surface area contributed by atoms with Gasteiger partial charge in [0.05, 0.1) is 4.91 Å². The summed E-state index contributed by atoms with van der Waals surface area (Å²) in [6, 6.07) is 14.5. The lowest BCUT2D eigenvalue weighted by atomic mass is 10.2. The summed E-state index contributed by atoms with van der Waals surface area (Å²) in [7, 11) is 0. The van der Waals surface area contributed by atoms with Crippen molar-refractivity contribution in [2.75, 3.05) is 18.5 Å². The fourth-order valence-electron chi connectivity index (χ4n) is 2.93. The van der Waals surface area contributed by atoms with Gasteiger partial charge in [0, 0.05) is 24.2 Å². The van der Waals surface area contributed by atoms with Crippen LogP contribution in [0.15, 0.2) is 53.4 Å². The lowest BCUT2D eigenvalue weighted by Crippen LogP contribution is -2.29. The number of benzene rings is 2. The van der Waals surface area contributed by atoms with Crippen LogP contribution in [-0.2, 0) is 14.4 Å². The maximum Gasteiger partial charge on any atom is 0.303 e. The highest BCUT2D eigenvalue weighted by Crippen LogP contribution is 2.34. The van der Waals surface area contributed by atoms with Gasteiger partial charge in [-0.05, 0) is 37.6 Å². The van der Waals surface area contributed by atoms with Gasteiger partial charge >= 0.3 is 5.97 Å². The lowest BCUT2D eigenvalue weighted by Gasteiger charge is -2.13. The smallest absolute Gasteiger partial charge is 0.303 e. The summed E-state index contributed by atoms with van der Waals surface area (Å²) >= 11 is 6.43. The molecule has 0 bridgehead atoms. The number of aryl methyl sites for hydroxylation is 1. The average molecular weight is 471 g/mol. The molecule has 0 unspecified atom stereocenters. The van der Waals surface area contributed by atoms with Crippen molar-refractivity contribution >= 4 is 57.8 Å². The Kier molecular flexibility index (Phi) is 8.02. The van der Waals surface area contributed by atoms with Gasteiger partial charge in [-0.1, -0.05) is 59.9 Å². The Morgan fingerprint density at radius 2 is 1.91 bits per heavy atom. The van der Waals surface area contributed by atoms with Gasteiger partial charge in [0.25, 0.3) is 11.8 Å². The van der Waals surface area contributed by atoms with Crippen LogP contribution in [0.4, 0.5) is 5.69 Å². The van der Waals surface area contributed by atoms with Gasteiger partial charge in [-0.25, -0.2) is 0 Å². The average Bonchev–Trinajstić information content (AvgIpc) is 3.02.